The number of nitrogens with zero attached hydrogens (tertiary/aromatic N) is 4. The standard InChI is InChI=1S/C19H19N5O4/c1-13(25)28-16-9-4-3-7-14(16)18(26)21-11-12-24-19(27)23(2)17(22-24)15-8-5-6-10-20-15/h3-10H,11-12H2,1-2H3,(H,21,26). The van der Waals surface area contributed by atoms with Crippen molar-refractivity contribution in [3.05, 3.63) is 64.7 Å². The minimum absolute atomic E-state index is 0.172. The molecule has 2 heterocycles. The molecule has 0 aliphatic heterocycles. The van der Waals surface area contributed by atoms with Crippen molar-refractivity contribution in [2.75, 3.05) is 6.54 Å². The number of nitrogens with one attached hydrogen (secondary N) is 1. The van der Waals surface area contributed by atoms with E-state index in [4.69, 9.17) is 4.74 Å². The van der Waals surface area contributed by atoms with Crippen molar-refractivity contribution in [1.29, 1.82) is 0 Å². The number of benzene rings is 1. The molecule has 28 heavy (non-hydrogen) atoms. The van der Waals surface area contributed by atoms with E-state index in [-0.39, 0.29) is 30.1 Å². The van der Waals surface area contributed by atoms with Gasteiger partial charge in [0.1, 0.15) is 11.4 Å². The normalized spacial score (nSPS) is 10.5. The third kappa shape index (κ3) is 4.14. The summed E-state index contributed by atoms with van der Waals surface area (Å²) in [5, 5.41) is 6.99. The van der Waals surface area contributed by atoms with Gasteiger partial charge in [-0.2, -0.15) is 0 Å². The highest BCUT2D eigenvalue weighted by Gasteiger charge is 2.15. The summed E-state index contributed by atoms with van der Waals surface area (Å²) >= 11 is 0. The van der Waals surface area contributed by atoms with Crippen LogP contribution in [0.15, 0.2) is 53.5 Å². The molecule has 1 N–H and O–H groups in total. The van der Waals surface area contributed by atoms with E-state index in [9.17, 15) is 14.4 Å². The van der Waals surface area contributed by atoms with Gasteiger partial charge in [0, 0.05) is 26.7 Å². The number of hydrogen-bond acceptors (Lipinski definition) is 6. The molecule has 0 fully saturated rings. The van der Waals surface area contributed by atoms with Crippen molar-refractivity contribution in [1.82, 2.24) is 24.6 Å². The molecule has 0 unspecified atom stereocenters. The highest BCUT2D eigenvalue weighted by atomic mass is 16.5. The fourth-order valence-corrected chi connectivity index (χ4v) is 2.62. The second-order valence-electron chi connectivity index (χ2n) is 5.95. The first kappa shape index (κ1) is 19.0. The summed E-state index contributed by atoms with van der Waals surface area (Å²) in [6.07, 6.45) is 1.62. The van der Waals surface area contributed by atoms with E-state index in [0.717, 1.165) is 0 Å². The van der Waals surface area contributed by atoms with E-state index in [1.54, 1.807) is 49.6 Å². The Morgan fingerprint density at radius 3 is 2.61 bits per heavy atom. The molecule has 3 aromatic rings. The maximum Gasteiger partial charge on any atom is 0.346 e. The first-order valence-corrected chi connectivity index (χ1v) is 8.58. The first-order valence-electron chi connectivity index (χ1n) is 8.58. The summed E-state index contributed by atoms with van der Waals surface area (Å²) in [6, 6.07) is 11.8. The summed E-state index contributed by atoms with van der Waals surface area (Å²) in [4.78, 5) is 40.1. The number of amides is 1. The van der Waals surface area contributed by atoms with Crippen molar-refractivity contribution in [3.63, 3.8) is 0 Å². The lowest BCUT2D eigenvalue weighted by atomic mass is 10.2. The molecule has 0 radical (unpaired) electrons. The van der Waals surface area contributed by atoms with Gasteiger partial charge in [-0.3, -0.25) is 19.1 Å². The van der Waals surface area contributed by atoms with Gasteiger partial charge in [-0.1, -0.05) is 18.2 Å². The fourth-order valence-electron chi connectivity index (χ4n) is 2.62. The minimum Gasteiger partial charge on any atom is -0.426 e. The van der Waals surface area contributed by atoms with Crippen LogP contribution in [0.4, 0.5) is 0 Å². The Morgan fingerprint density at radius 2 is 1.89 bits per heavy atom. The van der Waals surface area contributed by atoms with Gasteiger partial charge in [0.05, 0.1) is 12.1 Å². The molecule has 1 aromatic carbocycles. The van der Waals surface area contributed by atoms with Crippen LogP contribution >= 0.6 is 0 Å². The Morgan fingerprint density at radius 1 is 1.14 bits per heavy atom. The number of ether oxygens (including phenoxy) is 1. The largest absolute Gasteiger partial charge is 0.426 e. The molecule has 2 aromatic heterocycles. The highest BCUT2D eigenvalue weighted by molar-refractivity contribution is 5.97. The zero-order chi connectivity index (χ0) is 20.1. The van der Waals surface area contributed by atoms with Crippen LogP contribution in [0.3, 0.4) is 0 Å². The average Bonchev–Trinajstić information content (AvgIpc) is 2.97. The SMILES string of the molecule is CC(=O)Oc1ccccc1C(=O)NCCn1nc(-c2ccccn2)n(C)c1=O. The molecular weight excluding hydrogens is 362 g/mol. The summed E-state index contributed by atoms with van der Waals surface area (Å²) in [6.45, 7) is 1.62. The van der Waals surface area contributed by atoms with Gasteiger partial charge in [-0.05, 0) is 24.3 Å². The number of aromatic nitrogens is 4. The van der Waals surface area contributed by atoms with Gasteiger partial charge in [0.25, 0.3) is 5.91 Å². The molecule has 9 nitrogen and oxygen atoms in total. The van der Waals surface area contributed by atoms with Crippen molar-refractivity contribution in [2.24, 2.45) is 7.05 Å². The molecule has 0 saturated heterocycles. The lowest BCUT2D eigenvalue weighted by Gasteiger charge is -2.09. The van der Waals surface area contributed by atoms with Gasteiger partial charge in [-0.15, -0.1) is 5.10 Å². The van der Waals surface area contributed by atoms with E-state index in [2.05, 4.69) is 15.4 Å². The van der Waals surface area contributed by atoms with Crippen molar-refractivity contribution in [2.45, 2.75) is 13.5 Å². The molecule has 144 valence electrons. The van der Waals surface area contributed by atoms with Gasteiger partial charge < -0.3 is 10.1 Å². The molecule has 9 heteroatoms. The first-order chi connectivity index (χ1) is 13.5. The van der Waals surface area contributed by atoms with Gasteiger partial charge >= 0.3 is 11.7 Å². The van der Waals surface area contributed by atoms with E-state index in [0.29, 0.717) is 11.5 Å². The van der Waals surface area contributed by atoms with E-state index < -0.39 is 11.9 Å². The van der Waals surface area contributed by atoms with E-state index in [1.807, 2.05) is 6.07 Å². The van der Waals surface area contributed by atoms with Crippen LogP contribution in [-0.4, -0.2) is 37.8 Å². The quantitative estimate of drug-likeness (QED) is 0.504. The molecule has 0 saturated carbocycles. The summed E-state index contributed by atoms with van der Waals surface area (Å²) in [7, 11) is 1.61. The maximum absolute atomic E-state index is 12.4. The molecule has 3 rings (SSSR count). The van der Waals surface area contributed by atoms with Crippen molar-refractivity contribution >= 4 is 11.9 Å². The Bertz CT molecular complexity index is 1060. The van der Waals surface area contributed by atoms with Crippen LogP contribution in [0, 0.1) is 0 Å². The van der Waals surface area contributed by atoms with Crippen LogP contribution < -0.4 is 15.7 Å². The predicted octanol–water partition coefficient (Wildman–Crippen LogP) is 0.999. The van der Waals surface area contributed by atoms with Gasteiger partial charge in [-0.25, -0.2) is 9.48 Å². The summed E-state index contributed by atoms with van der Waals surface area (Å²) in [5.74, 6) is -0.301. The number of carbonyl (C=O) groups is 2. The number of pyridine rings is 1. The zero-order valence-corrected chi connectivity index (χ0v) is 15.5. The van der Waals surface area contributed by atoms with E-state index >= 15 is 0 Å². The minimum atomic E-state index is -0.512. The maximum atomic E-state index is 12.4. The molecule has 0 aliphatic rings. The van der Waals surface area contributed by atoms with Gasteiger partial charge in [0.15, 0.2) is 5.82 Å². The number of para-hydroxylation sites is 1. The van der Waals surface area contributed by atoms with Crippen LogP contribution in [0.25, 0.3) is 11.5 Å². The number of rotatable bonds is 6. The van der Waals surface area contributed by atoms with Crippen LogP contribution in [0.1, 0.15) is 17.3 Å². The zero-order valence-electron chi connectivity index (χ0n) is 15.5. The second-order valence-corrected chi connectivity index (χ2v) is 5.95. The Kier molecular flexibility index (Phi) is 5.64. The Labute approximate surface area is 160 Å². The molecular formula is C19H19N5O4. The monoisotopic (exact) mass is 381 g/mol. The second kappa shape index (κ2) is 8.30. The molecule has 0 aliphatic carbocycles. The van der Waals surface area contributed by atoms with Crippen LogP contribution in [0.2, 0.25) is 0 Å². The smallest absolute Gasteiger partial charge is 0.346 e. The number of carbonyl (C=O) groups excluding carboxylic acids is 2. The third-order valence-electron chi connectivity index (χ3n) is 3.93. The molecule has 0 atom stereocenters. The molecule has 0 bridgehead atoms. The Balaban J connectivity index is 1.69. The number of hydrogen-bond donors (Lipinski definition) is 1. The summed E-state index contributed by atoms with van der Waals surface area (Å²) in [5.41, 5.74) is 0.510. The molecule has 0 spiro atoms. The average molecular weight is 381 g/mol. The summed E-state index contributed by atoms with van der Waals surface area (Å²) < 4.78 is 7.71. The van der Waals surface area contributed by atoms with Crippen molar-refractivity contribution < 1.29 is 14.3 Å². The topological polar surface area (TPSA) is 108 Å². The lowest BCUT2D eigenvalue weighted by molar-refractivity contribution is -0.131. The van der Waals surface area contributed by atoms with Gasteiger partial charge in [0.2, 0.25) is 0 Å². The van der Waals surface area contributed by atoms with E-state index in [1.165, 1.54) is 16.2 Å². The fraction of sp³-hybridized carbons (Fsp3) is 0.211. The number of esters is 1. The predicted molar refractivity (Wildman–Crippen MR) is 101 cm³/mol. The third-order valence-corrected chi connectivity index (χ3v) is 3.93. The lowest BCUT2D eigenvalue weighted by Crippen LogP contribution is -2.32. The highest BCUT2D eigenvalue weighted by Crippen LogP contribution is 2.17. The van der Waals surface area contributed by atoms with Crippen LogP contribution in [0.5, 0.6) is 5.75 Å². The van der Waals surface area contributed by atoms with Crippen LogP contribution in [-0.2, 0) is 18.4 Å². The Hall–Kier alpha value is -3.75. The van der Waals surface area contributed by atoms with Crippen molar-refractivity contribution in [3.8, 4) is 17.3 Å². The molecule has 1 amide bonds.